The summed E-state index contributed by atoms with van der Waals surface area (Å²) < 4.78 is 0. The third-order valence-electron chi connectivity index (χ3n) is 5.32. The smallest absolute Gasteiger partial charge is 0.0233 e. The summed E-state index contributed by atoms with van der Waals surface area (Å²) in [6.45, 7) is 7.08. The van der Waals surface area contributed by atoms with Crippen LogP contribution in [-0.4, -0.2) is 0 Å². The van der Waals surface area contributed by atoms with Crippen molar-refractivity contribution in [3.05, 3.63) is 0 Å². The molecule has 0 heteroatoms. The molecule has 0 nitrogen and oxygen atoms in total. The summed E-state index contributed by atoms with van der Waals surface area (Å²) >= 11 is 0. The van der Waals surface area contributed by atoms with Gasteiger partial charge in [-0.05, 0) is 30.6 Å². The van der Waals surface area contributed by atoms with Crippen molar-refractivity contribution in [1.82, 2.24) is 0 Å². The van der Waals surface area contributed by atoms with E-state index in [1.54, 1.807) is 0 Å². The Labute approximate surface area is 121 Å². The SMILES string of the molecule is C#CC1CC(C)C(C)C1CCCCCCCCCC. The van der Waals surface area contributed by atoms with Gasteiger partial charge in [0, 0.05) is 5.92 Å². The van der Waals surface area contributed by atoms with E-state index >= 15 is 0 Å². The molecule has 1 saturated carbocycles. The molecule has 110 valence electrons. The number of terminal acetylenes is 1. The lowest BCUT2D eigenvalue weighted by Gasteiger charge is -2.20. The van der Waals surface area contributed by atoms with Gasteiger partial charge >= 0.3 is 0 Å². The molecule has 1 fully saturated rings. The van der Waals surface area contributed by atoms with Gasteiger partial charge in [-0.15, -0.1) is 12.3 Å². The molecule has 1 aliphatic carbocycles. The second kappa shape index (κ2) is 9.46. The molecular weight excluding hydrogens is 228 g/mol. The van der Waals surface area contributed by atoms with Crippen molar-refractivity contribution in [3.63, 3.8) is 0 Å². The fourth-order valence-corrected chi connectivity index (χ4v) is 3.75. The molecule has 0 heterocycles. The molecule has 0 saturated heterocycles. The molecule has 0 aromatic carbocycles. The molecule has 1 aliphatic rings. The minimum atomic E-state index is 0.564. The van der Waals surface area contributed by atoms with E-state index in [0.29, 0.717) is 5.92 Å². The molecule has 0 aromatic rings. The van der Waals surface area contributed by atoms with Crippen LogP contribution in [0.15, 0.2) is 0 Å². The van der Waals surface area contributed by atoms with Gasteiger partial charge in [0.2, 0.25) is 0 Å². The summed E-state index contributed by atoms with van der Waals surface area (Å²) in [4.78, 5) is 0. The van der Waals surface area contributed by atoms with Crippen LogP contribution in [0.4, 0.5) is 0 Å². The maximum absolute atomic E-state index is 5.70. The van der Waals surface area contributed by atoms with Crippen LogP contribution in [0.25, 0.3) is 0 Å². The van der Waals surface area contributed by atoms with E-state index in [0.717, 1.165) is 17.8 Å². The average molecular weight is 262 g/mol. The van der Waals surface area contributed by atoms with E-state index in [1.807, 2.05) is 0 Å². The molecule has 0 spiro atoms. The lowest BCUT2D eigenvalue weighted by atomic mass is 9.85. The quantitative estimate of drug-likeness (QED) is 0.350. The Morgan fingerprint density at radius 1 is 0.947 bits per heavy atom. The Bertz CT molecular complexity index is 260. The van der Waals surface area contributed by atoms with Crippen molar-refractivity contribution in [2.24, 2.45) is 23.7 Å². The van der Waals surface area contributed by atoms with Gasteiger partial charge in [-0.1, -0.05) is 72.1 Å². The molecule has 0 amide bonds. The first-order valence-electron chi connectivity index (χ1n) is 8.66. The predicted octanol–water partition coefficient (Wildman–Crippen LogP) is 6.06. The molecule has 0 aromatic heterocycles. The second-order valence-electron chi connectivity index (χ2n) is 6.77. The number of hydrogen-bond donors (Lipinski definition) is 0. The minimum Gasteiger partial charge on any atom is -0.120 e. The van der Waals surface area contributed by atoms with Crippen LogP contribution >= 0.6 is 0 Å². The summed E-state index contributed by atoms with van der Waals surface area (Å²) in [6.07, 6.45) is 19.7. The standard InChI is InChI=1S/C19H34/c1-5-7-8-9-10-11-12-13-14-19-17(4)16(3)15-18(19)6-2/h2,16-19H,5,7-15H2,1,3-4H3. The van der Waals surface area contributed by atoms with E-state index < -0.39 is 0 Å². The third kappa shape index (κ3) is 5.60. The second-order valence-corrected chi connectivity index (χ2v) is 6.77. The summed E-state index contributed by atoms with van der Waals surface area (Å²) in [5, 5.41) is 0. The molecule has 4 atom stereocenters. The van der Waals surface area contributed by atoms with Crippen LogP contribution in [-0.2, 0) is 0 Å². The maximum atomic E-state index is 5.70. The van der Waals surface area contributed by atoms with E-state index in [2.05, 4.69) is 26.7 Å². The summed E-state index contributed by atoms with van der Waals surface area (Å²) in [5.74, 6) is 6.09. The van der Waals surface area contributed by atoms with Crippen molar-refractivity contribution in [1.29, 1.82) is 0 Å². The predicted molar refractivity (Wildman–Crippen MR) is 86.0 cm³/mol. The van der Waals surface area contributed by atoms with Gasteiger partial charge in [-0.3, -0.25) is 0 Å². The highest BCUT2D eigenvalue weighted by molar-refractivity contribution is 5.02. The van der Waals surface area contributed by atoms with E-state index in [4.69, 9.17) is 6.42 Å². The van der Waals surface area contributed by atoms with Gasteiger partial charge in [0.05, 0.1) is 0 Å². The first-order valence-corrected chi connectivity index (χ1v) is 8.66. The van der Waals surface area contributed by atoms with Crippen molar-refractivity contribution in [2.45, 2.75) is 85.0 Å². The highest BCUT2D eigenvalue weighted by Crippen LogP contribution is 2.43. The first kappa shape index (κ1) is 16.6. The molecule has 0 N–H and O–H groups in total. The van der Waals surface area contributed by atoms with Crippen molar-refractivity contribution >= 4 is 0 Å². The highest BCUT2D eigenvalue weighted by Gasteiger charge is 2.36. The number of rotatable bonds is 9. The van der Waals surface area contributed by atoms with Crippen molar-refractivity contribution < 1.29 is 0 Å². The third-order valence-corrected chi connectivity index (χ3v) is 5.32. The van der Waals surface area contributed by atoms with Crippen LogP contribution < -0.4 is 0 Å². The van der Waals surface area contributed by atoms with Crippen molar-refractivity contribution in [3.8, 4) is 12.3 Å². The zero-order chi connectivity index (χ0) is 14.1. The zero-order valence-corrected chi connectivity index (χ0v) is 13.5. The van der Waals surface area contributed by atoms with Crippen LogP contribution in [0.2, 0.25) is 0 Å². The summed E-state index contributed by atoms with van der Waals surface area (Å²) in [7, 11) is 0. The fourth-order valence-electron chi connectivity index (χ4n) is 3.75. The highest BCUT2D eigenvalue weighted by atomic mass is 14.4. The Morgan fingerprint density at radius 3 is 2.11 bits per heavy atom. The largest absolute Gasteiger partial charge is 0.120 e. The van der Waals surface area contributed by atoms with Gasteiger partial charge < -0.3 is 0 Å². The topological polar surface area (TPSA) is 0 Å². The lowest BCUT2D eigenvalue weighted by Crippen LogP contribution is -2.13. The van der Waals surface area contributed by atoms with Crippen LogP contribution in [0.1, 0.15) is 85.0 Å². The lowest BCUT2D eigenvalue weighted by molar-refractivity contribution is 0.310. The maximum Gasteiger partial charge on any atom is 0.0233 e. The molecule has 1 rings (SSSR count). The Balaban J connectivity index is 2.07. The van der Waals surface area contributed by atoms with Gasteiger partial charge in [-0.25, -0.2) is 0 Å². The number of unbranched alkanes of at least 4 members (excludes halogenated alkanes) is 7. The van der Waals surface area contributed by atoms with E-state index in [1.165, 1.54) is 64.2 Å². The van der Waals surface area contributed by atoms with Crippen molar-refractivity contribution in [2.75, 3.05) is 0 Å². The van der Waals surface area contributed by atoms with E-state index in [-0.39, 0.29) is 0 Å². The normalized spacial score (nSPS) is 30.4. The van der Waals surface area contributed by atoms with Gasteiger partial charge in [0.25, 0.3) is 0 Å². The minimum absolute atomic E-state index is 0.564. The summed E-state index contributed by atoms with van der Waals surface area (Å²) in [6, 6.07) is 0. The Hall–Kier alpha value is -0.440. The van der Waals surface area contributed by atoms with E-state index in [9.17, 15) is 0 Å². The van der Waals surface area contributed by atoms with Crippen LogP contribution in [0, 0.1) is 36.0 Å². The van der Waals surface area contributed by atoms with Crippen LogP contribution in [0.5, 0.6) is 0 Å². The monoisotopic (exact) mass is 262 g/mol. The Kier molecular flexibility index (Phi) is 8.27. The number of hydrogen-bond acceptors (Lipinski definition) is 0. The fraction of sp³-hybridized carbons (Fsp3) is 0.895. The first-order chi connectivity index (χ1) is 9.20. The van der Waals surface area contributed by atoms with Gasteiger partial charge in [0.1, 0.15) is 0 Å². The molecule has 0 radical (unpaired) electrons. The molecule has 19 heavy (non-hydrogen) atoms. The van der Waals surface area contributed by atoms with Crippen LogP contribution in [0.3, 0.4) is 0 Å². The molecule has 4 unspecified atom stereocenters. The molecule has 0 bridgehead atoms. The Morgan fingerprint density at radius 2 is 1.53 bits per heavy atom. The van der Waals surface area contributed by atoms with Gasteiger partial charge in [0.15, 0.2) is 0 Å². The van der Waals surface area contributed by atoms with Gasteiger partial charge in [-0.2, -0.15) is 0 Å². The zero-order valence-electron chi connectivity index (χ0n) is 13.5. The molecular formula is C19H34. The molecule has 0 aliphatic heterocycles. The average Bonchev–Trinajstić information content (AvgIpc) is 2.69. The summed E-state index contributed by atoms with van der Waals surface area (Å²) in [5.41, 5.74) is 0.